The molecular weight excluding hydrogens is 158 g/mol. The third-order valence-electron chi connectivity index (χ3n) is 0.939. The number of carbonyl (C=O) groups is 1. The lowest BCUT2D eigenvalue weighted by molar-refractivity contribution is -0.148. The normalized spacial score (nSPS) is 11.4. The van der Waals surface area contributed by atoms with Gasteiger partial charge in [-0.15, -0.1) is 0 Å². The number of hydrogen-bond acceptors (Lipinski definition) is 4. The molecule has 0 heterocycles. The topological polar surface area (TPSA) is 59.3 Å². The Morgan fingerprint density at radius 3 is 2.67 bits per heavy atom. The summed E-state index contributed by atoms with van der Waals surface area (Å²) in [5.41, 5.74) is 0. The summed E-state index contributed by atoms with van der Waals surface area (Å²) < 4.78 is 9.35. The number of ether oxygens (including phenoxy) is 2. The number of rotatable bonds is 4. The monoisotopic (exact) mass is 169 g/mol. The number of nitrogens with zero attached hydrogens (tertiary/aromatic N) is 1. The first-order valence-electron chi connectivity index (χ1n) is 3.50. The first-order valence-corrected chi connectivity index (χ1v) is 3.50. The summed E-state index contributed by atoms with van der Waals surface area (Å²) in [7, 11) is 0. The van der Waals surface area contributed by atoms with E-state index in [1.54, 1.807) is 13.0 Å². The molecular formula is C8H11NO3. The molecule has 0 radical (unpaired) electrons. The van der Waals surface area contributed by atoms with Crippen molar-refractivity contribution in [2.75, 3.05) is 6.61 Å². The molecule has 0 N–H and O–H groups in total. The van der Waals surface area contributed by atoms with Crippen molar-refractivity contribution >= 4 is 5.97 Å². The first-order chi connectivity index (χ1) is 5.61. The van der Waals surface area contributed by atoms with Crippen LogP contribution in [0.4, 0.5) is 0 Å². The van der Waals surface area contributed by atoms with Gasteiger partial charge in [0.25, 0.3) is 0 Å². The van der Waals surface area contributed by atoms with Crippen LogP contribution in [-0.4, -0.2) is 18.7 Å². The molecule has 0 amide bonds. The van der Waals surface area contributed by atoms with E-state index in [0.29, 0.717) is 6.61 Å². The van der Waals surface area contributed by atoms with Gasteiger partial charge in [0.1, 0.15) is 6.07 Å². The molecule has 0 fully saturated rings. The average molecular weight is 169 g/mol. The molecule has 0 rings (SSSR count). The largest absolute Gasteiger partial charge is 0.429 e. The van der Waals surface area contributed by atoms with Gasteiger partial charge < -0.3 is 9.47 Å². The average Bonchev–Trinajstić information content (AvgIpc) is 1.98. The van der Waals surface area contributed by atoms with Crippen molar-refractivity contribution in [2.24, 2.45) is 0 Å². The van der Waals surface area contributed by atoms with Crippen molar-refractivity contribution < 1.29 is 14.3 Å². The molecule has 0 aromatic heterocycles. The maximum absolute atomic E-state index is 10.9. The van der Waals surface area contributed by atoms with Gasteiger partial charge in [0.05, 0.1) is 5.76 Å². The maximum Gasteiger partial charge on any atom is 0.355 e. The molecule has 0 aliphatic heterocycles. The highest BCUT2D eigenvalue weighted by Crippen LogP contribution is 1.99. The van der Waals surface area contributed by atoms with Crippen molar-refractivity contribution in [1.82, 2.24) is 0 Å². The third kappa shape index (κ3) is 3.74. The van der Waals surface area contributed by atoms with Crippen LogP contribution in [0.3, 0.4) is 0 Å². The van der Waals surface area contributed by atoms with Crippen LogP contribution < -0.4 is 0 Å². The molecule has 0 aliphatic rings. The third-order valence-corrected chi connectivity index (χ3v) is 0.939. The Labute approximate surface area is 71.4 Å². The summed E-state index contributed by atoms with van der Waals surface area (Å²) in [4.78, 5) is 10.9. The van der Waals surface area contributed by atoms with Crippen LogP contribution in [0.2, 0.25) is 0 Å². The van der Waals surface area contributed by atoms with Crippen molar-refractivity contribution in [2.45, 2.75) is 20.0 Å². The molecule has 1 atom stereocenters. The van der Waals surface area contributed by atoms with Gasteiger partial charge in [0.2, 0.25) is 6.10 Å². The first kappa shape index (κ1) is 10.7. The SMILES string of the molecule is C=C(C)OC(=O)C(C#N)OCC. The van der Waals surface area contributed by atoms with Crippen LogP contribution in [-0.2, 0) is 14.3 Å². The van der Waals surface area contributed by atoms with Crippen molar-refractivity contribution in [1.29, 1.82) is 5.26 Å². The van der Waals surface area contributed by atoms with E-state index in [-0.39, 0.29) is 5.76 Å². The molecule has 0 saturated heterocycles. The van der Waals surface area contributed by atoms with Crippen LogP contribution in [0.15, 0.2) is 12.3 Å². The minimum absolute atomic E-state index is 0.250. The predicted octanol–water partition coefficient (Wildman–Crippen LogP) is 0.992. The summed E-state index contributed by atoms with van der Waals surface area (Å²) in [6, 6.07) is 1.67. The van der Waals surface area contributed by atoms with E-state index in [9.17, 15) is 4.79 Å². The molecule has 0 aliphatic carbocycles. The molecule has 1 unspecified atom stereocenters. The van der Waals surface area contributed by atoms with Crippen molar-refractivity contribution in [3.63, 3.8) is 0 Å². The Kier molecular flexibility index (Phi) is 4.73. The van der Waals surface area contributed by atoms with Crippen LogP contribution in [0, 0.1) is 11.3 Å². The fourth-order valence-corrected chi connectivity index (χ4v) is 0.550. The van der Waals surface area contributed by atoms with Crippen LogP contribution in [0.25, 0.3) is 0 Å². The van der Waals surface area contributed by atoms with E-state index in [2.05, 4.69) is 11.3 Å². The summed E-state index contributed by atoms with van der Waals surface area (Å²) in [5, 5.41) is 8.43. The Balaban J connectivity index is 4.05. The minimum atomic E-state index is -1.15. The zero-order valence-electron chi connectivity index (χ0n) is 7.16. The second-order valence-corrected chi connectivity index (χ2v) is 2.09. The van der Waals surface area contributed by atoms with Crippen molar-refractivity contribution in [3.05, 3.63) is 12.3 Å². The molecule has 0 bridgehead atoms. The standard InChI is InChI=1S/C8H11NO3/c1-4-11-7(5-9)8(10)12-6(2)3/h7H,2,4H2,1,3H3. The summed E-state index contributed by atoms with van der Waals surface area (Å²) >= 11 is 0. The quantitative estimate of drug-likeness (QED) is 0.465. The molecule has 4 nitrogen and oxygen atoms in total. The van der Waals surface area contributed by atoms with Gasteiger partial charge in [-0.1, -0.05) is 6.58 Å². The van der Waals surface area contributed by atoms with E-state index in [0.717, 1.165) is 0 Å². The molecule has 0 spiro atoms. The Morgan fingerprint density at radius 2 is 2.33 bits per heavy atom. The number of hydrogen-bond donors (Lipinski definition) is 0. The van der Waals surface area contributed by atoms with Gasteiger partial charge in [0.15, 0.2) is 0 Å². The zero-order valence-corrected chi connectivity index (χ0v) is 7.16. The second kappa shape index (κ2) is 5.33. The fraction of sp³-hybridized carbons (Fsp3) is 0.500. The summed E-state index contributed by atoms with van der Waals surface area (Å²) in [5.74, 6) is -0.466. The molecule has 0 saturated carbocycles. The molecule has 0 aromatic carbocycles. The Bertz CT molecular complexity index is 217. The maximum atomic E-state index is 10.9. The van der Waals surface area contributed by atoms with Gasteiger partial charge in [-0.2, -0.15) is 5.26 Å². The summed E-state index contributed by atoms with van der Waals surface area (Å²) in [6.07, 6.45) is -1.15. The number of esters is 1. The molecule has 0 aromatic rings. The molecule has 66 valence electrons. The second-order valence-electron chi connectivity index (χ2n) is 2.09. The van der Waals surface area contributed by atoms with Gasteiger partial charge in [0, 0.05) is 6.61 Å². The Hall–Kier alpha value is -1.34. The van der Waals surface area contributed by atoms with E-state index < -0.39 is 12.1 Å². The molecule has 12 heavy (non-hydrogen) atoms. The minimum Gasteiger partial charge on any atom is -0.429 e. The highest BCUT2D eigenvalue weighted by Gasteiger charge is 2.19. The van der Waals surface area contributed by atoms with Crippen LogP contribution in [0.5, 0.6) is 0 Å². The predicted molar refractivity (Wildman–Crippen MR) is 41.9 cm³/mol. The smallest absolute Gasteiger partial charge is 0.355 e. The highest BCUT2D eigenvalue weighted by atomic mass is 16.6. The van der Waals surface area contributed by atoms with E-state index in [1.165, 1.54) is 6.92 Å². The summed E-state index contributed by atoms with van der Waals surface area (Å²) in [6.45, 7) is 6.88. The number of allylic oxidation sites excluding steroid dienone is 1. The lowest BCUT2D eigenvalue weighted by Gasteiger charge is -2.07. The van der Waals surface area contributed by atoms with Crippen LogP contribution in [0.1, 0.15) is 13.8 Å². The van der Waals surface area contributed by atoms with E-state index in [4.69, 9.17) is 10.00 Å². The fourth-order valence-electron chi connectivity index (χ4n) is 0.550. The van der Waals surface area contributed by atoms with Gasteiger partial charge in [-0.25, -0.2) is 4.79 Å². The van der Waals surface area contributed by atoms with E-state index in [1.807, 2.05) is 0 Å². The van der Waals surface area contributed by atoms with Gasteiger partial charge in [-0.3, -0.25) is 0 Å². The number of carbonyl (C=O) groups excluding carboxylic acids is 1. The van der Waals surface area contributed by atoms with Gasteiger partial charge in [-0.05, 0) is 13.8 Å². The van der Waals surface area contributed by atoms with E-state index >= 15 is 0 Å². The van der Waals surface area contributed by atoms with Crippen molar-refractivity contribution in [3.8, 4) is 6.07 Å². The highest BCUT2D eigenvalue weighted by molar-refractivity contribution is 5.78. The zero-order chi connectivity index (χ0) is 9.56. The lowest BCUT2D eigenvalue weighted by atomic mass is 10.4. The molecule has 4 heteroatoms. The number of nitriles is 1. The van der Waals surface area contributed by atoms with Gasteiger partial charge >= 0.3 is 5.97 Å². The Morgan fingerprint density at radius 1 is 1.75 bits per heavy atom. The van der Waals surface area contributed by atoms with Crippen LogP contribution >= 0.6 is 0 Å². The lowest BCUT2D eigenvalue weighted by Crippen LogP contribution is -2.24.